The first-order chi connectivity index (χ1) is 10.1. The molecular weight excluding hydrogens is 270 g/mol. The van der Waals surface area contributed by atoms with Crippen molar-refractivity contribution in [3.05, 3.63) is 23.9 Å². The van der Waals surface area contributed by atoms with E-state index in [0.29, 0.717) is 19.0 Å². The molecule has 21 heavy (non-hydrogen) atoms. The van der Waals surface area contributed by atoms with Gasteiger partial charge in [0.2, 0.25) is 17.7 Å². The Morgan fingerprint density at radius 1 is 1.43 bits per heavy atom. The molecule has 6 nitrogen and oxygen atoms in total. The summed E-state index contributed by atoms with van der Waals surface area (Å²) in [7, 11) is 1.54. The average molecular weight is 291 g/mol. The maximum atomic E-state index is 12.3. The lowest BCUT2D eigenvalue weighted by atomic mass is 10.1. The number of hydrogen-bond acceptors (Lipinski definition) is 4. The lowest BCUT2D eigenvalue weighted by Gasteiger charge is -2.38. The second kappa shape index (κ2) is 6.56. The van der Waals surface area contributed by atoms with Gasteiger partial charge in [0.05, 0.1) is 20.2 Å². The SMILES string of the molecule is CCCN1CC(=O)N(Cc2cccnc2OC)[C@H](C)C1=O. The minimum atomic E-state index is -0.456. The Morgan fingerprint density at radius 3 is 2.86 bits per heavy atom. The molecule has 1 saturated heterocycles. The Bertz CT molecular complexity index is 533. The fraction of sp³-hybridized carbons (Fsp3) is 0.533. The maximum Gasteiger partial charge on any atom is 0.245 e. The maximum absolute atomic E-state index is 12.3. The molecule has 2 amide bonds. The first-order valence-corrected chi connectivity index (χ1v) is 7.14. The minimum absolute atomic E-state index is 0.000642. The van der Waals surface area contributed by atoms with Crippen molar-refractivity contribution in [2.45, 2.75) is 32.9 Å². The third kappa shape index (κ3) is 3.15. The van der Waals surface area contributed by atoms with E-state index in [-0.39, 0.29) is 18.4 Å². The summed E-state index contributed by atoms with van der Waals surface area (Å²) in [6.07, 6.45) is 2.49. The lowest BCUT2D eigenvalue weighted by molar-refractivity contribution is -0.155. The lowest BCUT2D eigenvalue weighted by Crippen LogP contribution is -2.58. The molecule has 0 radical (unpaired) electrons. The number of carbonyl (C=O) groups excluding carboxylic acids is 2. The van der Waals surface area contributed by atoms with E-state index in [1.54, 1.807) is 36.1 Å². The predicted octanol–water partition coefficient (Wildman–Crippen LogP) is 1.06. The van der Waals surface area contributed by atoms with Gasteiger partial charge in [-0.3, -0.25) is 9.59 Å². The van der Waals surface area contributed by atoms with Crippen LogP contribution in [-0.4, -0.2) is 52.8 Å². The zero-order chi connectivity index (χ0) is 15.4. The van der Waals surface area contributed by atoms with Gasteiger partial charge in [0.1, 0.15) is 6.04 Å². The fourth-order valence-corrected chi connectivity index (χ4v) is 2.54. The molecule has 0 aromatic carbocycles. The average Bonchev–Trinajstić information content (AvgIpc) is 2.49. The highest BCUT2D eigenvalue weighted by atomic mass is 16.5. The van der Waals surface area contributed by atoms with Crippen molar-refractivity contribution >= 4 is 11.8 Å². The standard InChI is InChI=1S/C15H21N3O3/c1-4-8-17-10-13(19)18(11(2)15(17)20)9-12-6-5-7-16-14(12)21-3/h5-7,11H,4,8-10H2,1-3H3/t11-/m1/s1. The predicted molar refractivity (Wildman–Crippen MR) is 77.7 cm³/mol. The van der Waals surface area contributed by atoms with Crippen LogP contribution in [0.5, 0.6) is 5.88 Å². The normalized spacial score (nSPS) is 19.1. The number of nitrogens with zero attached hydrogens (tertiary/aromatic N) is 3. The van der Waals surface area contributed by atoms with Gasteiger partial charge in [-0.15, -0.1) is 0 Å². The largest absolute Gasteiger partial charge is 0.481 e. The van der Waals surface area contributed by atoms with Crippen LogP contribution in [0.3, 0.4) is 0 Å². The molecule has 1 aromatic heterocycles. The summed E-state index contributed by atoms with van der Waals surface area (Å²) in [5.41, 5.74) is 0.803. The molecule has 6 heteroatoms. The third-order valence-electron chi connectivity index (χ3n) is 3.66. The van der Waals surface area contributed by atoms with Crippen molar-refractivity contribution in [3.63, 3.8) is 0 Å². The van der Waals surface area contributed by atoms with Gasteiger partial charge in [-0.05, 0) is 19.4 Å². The number of rotatable bonds is 5. The van der Waals surface area contributed by atoms with Crippen LogP contribution in [0.4, 0.5) is 0 Å². The van der Waals surface area contributed by atoms with Gasteiger partial charge in [-0.1, -0.05) is 13.0 Å². The van der Waals surface area contributed by atoms with Gasteiger partial charge in [-0.25, -0.2) is 4.98 Å². The molecule has 0 saturated carbocycles. The molecule has 0 spiro atoms. The van der Waals surface area contributed by atoms with Gasteiger partial charge in [0.25, 0.3) is 0 Å². The quantitative estimate of drug-likeness (QED) is 0.814. The van der Waals surface area contributed by atoms with Crippen LogP contribution in [-0.2, 0) is 16.1 Å². The number of ether oxygens (including phenoxy) is 1. The summed E-state index contributed by atoms with van der Waals surface area (Å²) in [6.45, 7) is 4.88. The smallest absolute Gasteiger partial charge is 0.245 e. The number of amides is 2. The van der Waals surface area contributed by atoms with E-state index in [2.05, 4.69) is 4.98 Å². The van der Waals surface area contributed by atoms with Crippen molar-refractivity contribution < 1.29 is 14.3 Å². The van der Waals surface area contributed by atoms with Gasteiger partial charge < -0.3 is 14.5 Å². The summed E-state index contributed by atoms with van der Waals surface area (Å²) in [6, 6.07) is 3.19. The van der Waals surface area contributed by atoms with E-state index in [1.165, 1.54) is 0 Å². The Morgan fingerprint density at radius 2 is 2.19 bits per heavy atom. The highest BCUT2D eigenvalue weighted by molar-refractivity contribution is 5.94. The topological polar surface area (TPSA) is 62.7 Å². The summed E-state index contributed by atoms with van der Waals surface area (Å²) in [5, 5.41) is 0. The summed E-state index contributed by atoms with van der Waals surface area (Å²) in [5.74, 6) is 0.446. The van der Waals surface area contributed by atoms with Crippen LogP contribution in [0.25, 0.3) is 0 Å². The zero-order valence-electron chi connectivity index (χ0n) is 12.7. The Hall–Kier alpha value is -2.11. The third-order valence-corrected chi connectivity index (χ3v) is 3.66. The van der Waals surface area contributed by atoms with Crippen molar-refractivity contribution in [1.82, 2.24) is 14.8 Å². The van der Waals surface area contributed by atoms with Crippen LogP contribution in [0.15, 0.2) is 18.3 Å². The molecule has 1 aliphatic rings. The first-order valence-electron chi connectivity index (χ1n) is 7.14. The molecular formula is C15H21N3O3. The Balaban J connectivity index is 2.17. The number of methoxy groups -OCH3 is 1. The van der Waals surface area contributed by atoms with Crippen molar-refractivity contribution in [2.75, 3.05) is 20.2 Å². The molecule has 0 N–H and O–H groups in total. The Kier molecular flexibility index (Phi) is 4.77. The summed E-state index contributed by atoms with van der Waals surface area (Å²) < 4.78 is 5.20. The number of hydrogen-bond donors (Lipinski definition) is 0. The molecule has 114 valence electrons. The first kappa shape index (κ1) is 15.3. The second-order valence-electron chi connectivity index (χ2n) is 5.13. The highest BCUT2D eigenvalue weighted by Crippen LogP contribution is 2.21. The summed E-state index contributed by atoms with van der Waals surface area (Å²) in [4.78, 5) is 32.0. The van der Waals surface area contributed by atoms with E-state index in [0.717, 1.165) is 12.0 Å². The second-order valence-corrected chi connectivity index (χ2v) is 5.13. The number of pyridine rings is 1. The van der Waals surface area contributed by atoms with Crippen molar-refractivity contribution in [2.24, 2.45) is 0 Å². The van der Waals surface area contributed by atoms with E-state index in [9.17, 15) is 9.59 Å². The van der Waals surface area contributed by atoms with E-state index >= 15 is 0 Å². The molecule has 0 aliphatic carbocycles. The molecule has 1 aromatic rings. The van der Waals surface area contributed by atoms with Crippen LogP contribution >= 0.6 is 0 Å². The highest BCUT2D eigenvalue weighted by Gasteiger charge is 2.36. The van der Waals surface area contributed by atoms with Gasteiger partial charge in [0.15, 0.2) is 0 Å². The monoisotopic (exact) mass is 291 g/mol. The number of piperazine rings is 1. The van der Waals surface area contributed by atoms with E-state index < -0.39 is 6.04 Å². The van der Waals surface area contributed by atoms with Crippen molar-refractivity contribution in [1.29, 1.82) is 0 Å². The molecule has 2 rings (SSSR count). The molecule has 0 bridgehead atoms. The summed E-state index contributed by atoms with van der Waals surface area (Å²) >= 11 is 0. The fourth-order valence-electron chi connectivity index (χ4n) is 2.54. The van der Waals surface area contributed by atoms with Crippen molar-refractivity contribution in [3.8, 4) is 5.88 Å². The number of carbonyl (C=O) groups is 2. The van der Waals surface area contributed by atoms with Crippen LogP contribution < -0.4 is 4.74 Å². The molecule has 0 unspecified atom stereocenters. The van der Waals surface area contributed by atoms with E-state index in [1.807, 2.05) is 13.0 Å². The van der Waals surface area contributed by atoms with Gasteiger partial charge in [-0.2, -0.15) is 0 Å². The number of aromatic nitrogens is 1. The van der Waals surface area contributed by atoms with Crippen LogP contribution in [0, 0.1) is 0 Å². The molecule has 1 aliphatic heterocycles. The molecule has 2 heterocycles. The molecule has 1 fully saturated rings. The zero-order valence-corrected chi connectivity index (χ0v) is 12.7. The van der Waals surface area contributed by atoms with Crippen LogP contribution in [0.2, 0.25) is 0 Å². The van der Waals surface area contributed by atoms with Gasteiger partial charge in [0, 0.05) is 18.3 Å². The molecule has 1 atom stereocenters. The minimum Gasteiger partial charge on any atom is -0.481 e. The van der Waals surface area contributed by atoms with Crippen LogP contribution in [0.1, 0.15) is 25.8 Å². The van der Waals surface area contributed by atoms with E-state index in [4.69, 9.17) is 4.74 Å². The Labute approximate surface area is 124 Å². The van der Waals surface area contributed by atoms with Gasteiger partial charge >= 0.3 is 0 Å².